The predicted octanol–water partition coefficient (Wildman–Crippen LogP) is 4.58. The fraction of sp³-hybridized carbons (Fsp3) is 0.619. The number of rotatable bonds is 5. The summed E-state index contributed by atoms with van der Waals surface area (Å²) >= 11 is 6.28. The van der Waals surface area contributed by atoms with Crippen LogP contribution in [0.25, 0.3) is 0 Å². The number of carbonyl (C=O) groups is 2. The molecule has 0 spiro atoms. The van der Waals surface area contributed by atoms with Crippen LogP contribution in [0.2, 0.25) is 5.02 Å². The number of benzene rings is 1. The molecule has 1 aliphatic rings. The smallest absolute Gasteiger partial charge is 0.410 e. The largest absolute Gasteiger partial charge is 0.493 e. The maximum atomic E-state index is 12.2. The second kappa shape index (κ2) is 9.57. The number of nitrogens with one attached hydrogen (secondary N) is 1. The number of anilines is 1. The summed E-state index contributed by atoms with van der Waals surface area (Å²) in [4.78, 5) is 25.9. The Morgan fingerprint density at radius 3 is 2.34 bits per heavy atom. The second-order valence-electron chi connectivity index (χ2n) is 8.27. The van der Waals surface area contributed by atoms with Gasteiger partial charge in [-0.05, 0) is 58.6 Å². The van der Waals surface area contributed by atoms with Gasteiger partial charge in [0.1, 0.15) is 5.60 Å². The Kier molecular flexibility index (Phi) is 7.63. The molecule has 0 aliphatic carbocycles. The lowest BCUT2D eigenvalue weighted by molar-refractivity contribution is 0.0179. The zero-order chi connectivity index (χ0) is 21.8. The van der Waals surface area contributed by atoms with Crippen LogP contribution in [0.4, 0.5) is 10.5 Å². The van der Waals surface area contributed by atoms with Gasteiger partial charge in [0.05, 0.1) is 30.5 Å². The van der Waals surface area contributed by atoms with Crippen LogP contribution in [0, 0.1) is 5.92 Å². The number of ether oxygens (including phenoxy) is 3. The predicted molar refractivity (Wildman–Crippen MR) is 113 cm³/mol. The monoisotopic (exact) mass is 426 g/mol. The van der Waals surface area contributed by atoms with Crippen molar-refractivity contribution in [2.75, 3.05) is 32.6 Å². The highest BCUT2D eigenvalue weighted by atomic mass is 35.5. The van der Waals surface area contributed by atoms with Crippen molar-refractivity contribution in [2.24, 2.45) is 5.92 Å². The Morgan fingerprint density at radius 2 is 1.83 bits per heavy atom. The summed E-state index contributed by atoms with van der Waals surface area (Å²) in [6.07, 6.45) is 1.43. The first-order valence-electron chi connectivity index (χ1n) is 9.76. The average molecular weight is 427 g/mol. The fourth-order valence-corrected chi connectivity index (χ4v) is 3.71. The fourth-order valence-electron chi connectivity index (χ4n) is 3.42. The minimum Gasteiger partial charge on any atom is -0.493 e. The Hall–Kier alpha value is -2.15. The first-order valence-corrected chi connectivity index (χ1v) is 10.1. The third-order valence-corrected chi connectivity index (χ3v) is 5.23. The molecule has 1 aromatic carbocycles. The molecule has 1 saturated heterocycles. The van der Waals surface area contributed by atoms with Crippen LogP contribution in [0.5, 0.6) is 5.75 Å². The van der Waals surface area contributed by atoms with Crippen LogP contribution in [-0.2, 0) is 9.47 Å². The molecule has 1 N–H and O–H groups in total. The third-order valence-electron chi connectivity index (χ3n) is 4.95. The number of amides is 1. The lowest BCUT2D eigenvalue weighted by Gasteiger charge is -2.36. The normalized spacial score (nSPS) is 16.2. The van der Waals surface area contributed by atoms with Gasteiger partial charge in [-0.3, -0.25) is 0 Å². The minimum absolute atomic E-state index is 0.0913. The highest BCUT2D eigenvalue weighted by molar-refractivity contribution is 6.33. The average Bonchev–Trinajstić information content (AvgIpc) is 2.65. The molecule has 1 amide bonds. The first-order chi connectivity index (χ1) is 13.6. The van der Waals surface area contributed by atoms with Gasteiger partial charge in [-0.25, -0.2) is 9.59 Å². The van der Waals surface area contributed by atoms with E-state index in [1.807, 2.05) is 20.8 Å². The standard InChI is InChI=1S/C21H31ClN2O5/c1-13(14-7-9-24(10-8-14)20(26)29-21(2,3)4)23-17-12-15(19(25)28-6)11-16(22)18(17)27-5/h11-14,23H,7-10H2,1-6H3/t13-/m0/s1. The Bertz CT molecular complexity index is 739. The summed E-state index contributed by atoms with van der Waals surface area (Å²) in [6.45, 7) is 8.96. The molecule has 162 valence electrons. The van der Waals surface area contributed by atoms with Crippen LogP contribution in [0.1, 0.15) is 50.9 Å². The van der Waals surface area contributed by atoms with Crippen LogP contribution in [0.3, 0.4) is 0 Å². The van der Waals surface area contributed by atoms with Gasteiger partial charge in [-0.1, -0.05) is 11.6 Å². The van der Waals surface area contributed by atoms with Crippen molar-refractivity contribution in [2.45, 2.75) is 52.2 Å². The van der Waals surface area contributed by atoms with Crippen LogP contribution < -0.4 is 10.1 Å². The number of nitrogens with zero attached hydrogens (tertiary/aromatic N) is 1. The van der Waals surface area contributed by atoms with Crippen LogP contribution >= 0.6 is 11.6 Å². The number of esters is 1. The molecule has 1 aromatic rings. The maximum Gasteiger partial charge on any atom is 0.410 e. The van der Waals surface area contributed by atoms with E-state index in [1.165, 1.54) is 20.3 Å². The molecule has 0 bridgehead atoms. The molecule has 0 radical (unpaired) electrons. The number of hydrogen-bond acceptors (Lipinski definition) is 6. The number of methoxy groups -OCH3 is 2. The van der Waals surface area contributed by atoms with Crippen molar-refractivity contribution in [1.29, 1.82) is 0 Å². The van der Waals surface area contributed by atoms with Crippen molar-refractivity contribution in [3.63, 3.8) is 0 Å². The Balaban J connectivity index is 2.04. The minimum atomic E-state index is -0.497. The molecule has 1 fully saturated rings. The van der Waals surface area contributed by atoms with E-state index in [0.717, 1.165) is 12.8 Å². The Morgan fingerprint density at radius 1 is 1.21 bits per heavy atom. The van der Waals surface area contributed by atoms with E-state index >= 15 is 0 Å². The zero-order valence-corrected chi connectivity index (χ0v) is 18.8. The van der Waals surface area contributed by atoms with E-state index in [9.17, 15) is 9.59 Å². The van der Waals surface area contributed by atoms with E-state index in [1.54, 1.807) is 11.0 Å². The highest BCUT2D eigenvalue weighted by Crippen LogP contribution is 2.36. The lowest BCUT2D eigenvalue weighted by Crippen LogP contribution is -2.44. The van der Waals surface area contributed by atoms with Gasteiger partial charge in [0.2, 0.25) is 0 Å². The number of likely N-dealkylation sites (tertiary alicyclic amines) is 1. The van der Waals surface area contributed by atoms with Crippen LogP contribution in [0.15, 0.2) is 12.1 Å². The topological polar surface area (TPSA) is 77.1 Å². The van der Waals surface area contributed by atoms with Crippen molar-refractivity contribution < 1.29 is 23.8 Å². The van der Waals surface area contributed by atoms with E-state index in [2.05, 4.69) is 12.2 Å². The van der Waals surface area contributed by atoms with Crippen molar-refractivity contribution >= 4 is 29.4 Å². The summed E-state index contributed by atoms with van der Waals surface area (Å²) in [5.74, 6) is 0.368. The summed E-state index contributed by atoms with van der Waals surface area (Å²) in [6, 6.07) is 3.30. The molecule has 0 aromatic heterocycles. The Labute approximate surface area is 177 Å². The molecule has 29 heavy (non-hydrogen) atoms. The first kappa shape index (κ1) is 23.1. The zero-order valence-electron chi connectivity index (χ0n) is 18.0. The number of hydrogen-bond donors (Lipinski definition) is 1. The summed E-state index contributed by atoms with van der Waals surface area (Å²) < 4.78 is 15.7. The van der Waals surface area contributed by atoms with Crippen molar-refractivity contribution in [3.8, 4) is 5.75 Å². The van der Waals surface area contributed by atoms with Crippen molar-refractivity contribution in [1.82, 2.24) is 4.90 Å². The van der Waals surface area contributed by atoms with E-state index in [0.29, 0.717) is 41.0 Å². The molecule has 1 heterocycles. The van der Waals surface area contributed by atoms with Gasteiger partial charge in [0.25, 0.3) is 0 Å². The molecule has 7 nitrogen and oxygen atoms in total. The molecule has 8 heteroatoms. The second-order valence-corrected chi connectivity index (χ2v) is 8.68. The summed E-state index contributed by atoms with van der Waals surface area (Å²) in [5, 5.41) is 3.76. The van der Waals surface area contributed by atoms with Gasteiger partial charge in [-0.2, -0.15) is 0 Å². The van der Waals surface area contributed by atoms with Crippen molar-refractivity contribution in [3.05, 3.63) is 22.7 Å². The van der Waals surface area contributed by atoms with E-state index < -0.39 is 11.6 Å². The molecular formula is C21H31ClN2O5. The number of piperidine rings is 1. The molecule has 0 saturated carbocycles. The maximum absolute atomic E-state index is 12.2. The van der Waals surface area contributed by atoms with Gasteiger partial charge < -0.3 is 24.4 Å². The number of halogens is 1. The quantitative estimate of drug-likeness (QED) is 0.694. The number of carbonyl (C=O) groups excluding carboxylic acids is 2. The highest BCUT2D eigenvalue weighted by Gasteiger charge is 2.29. The van der Waals surface area contributed by atoms with Gasteiger partial charge in [0.15, 0.2) is 5.75 Å². The molecular weight excluding hydrogens is 396 g/mol. The van der Waals surface area contributed by atoms with E-state index in [-0.39, 0.29) is 12.1 Å². The van der Waals surface area contributed by atoms with Crippen LogP contribution in [-0.4, -0.2) is 55.9 Å². The van der Waals surface area contributed by atoms with E-state index in [4.69, 9.17) is 25.8 Å². The van der Waals surface area contributed by atoms with Gasteiger partial charge >= 0.3 is 12.1 Å². The molecule has 1 atom stereocenters. The summed E-state index contributed by atoms with van der Waals surface area (Å²) in [7, 11) is 2.86. The van der Waals surface area contributed by atoms with Gasteiger partial charge in [0, 0.05) is 19.1 Å². The van der Waals surface area contributed by atoms with Gasteiger partial charge in [-0.15, -0.1) is 0 Å². The summed E-state index contributed by atoms with van der Waals surface area (Å²) in [5.41, 5.74) is 0.499. The molecule has 1 aliphatic heterocycles. The SMILES string of the molecule is COC(=O)c1cc(Cl)c(OC)c(N[C@@H](C)C2CCN(C(=O)OC(C)(C)C)CC2)c1. The molecule has 2 rings (SSSR count). The lowest BCUT2D eigenvalue weighted by atomic mass is 9.90. The molecule has 0 unspecified atom stereocenters. The third kappa shape index (κ3) is 6.16.